The molecular formula is C16H20N2S. The highest BCUT2D eigenvalue weighted by atomic mass is 32.2. The highest BCUT2D eigenvalue weighted by Gasteiger charge is 2.02. The van der Waals surface area contributed by atoms with Crippen molar-refractivity contribution in [3.63, 3.8) is 0 Å². The van der Waals surface area contributed by atoms with E-state index in [2.05, 4.69) is 55.3 Å². The first-order chi connectivity index (χ1) is 9.19. The SMILES string of the molecule is CCCNc1cccc(Sc2ccc(C)c(C)c2)n1. The Morgan fingerprint density at radius 3 is 2.68 bits per heavy atom. The molecule has 1 N–H and O–H groups in total. The Balaban J connectivity index is 2.11. The van der Waals surface area contributed by atoms with Crippen LogP contribution in [-0.2, 0) is 0 Å². The summed E-state index contributed by atoms with van der Waals surface area (Å²) >= 11 is 1.71. The minimum atomic E-state index is 0.954. The topological polar surface area (TPSA) is 24.9 Å². The van der Waals surface area contributed by atoms with Gasteiger partial charge in [-0.25, -0.2) is 4.98 Å². The van der Waals surface area contributed by atoms with Crippen LogP contribution in [0.5, 0.6) is 0 Å². The smallest absolute Gasteiger partial charge is 0.127 e. The standard InChI is InChI=1S/C16H20N2S/c1-4-10-17-15-6-5-7-16(18-15)19-14-9-8-12(2)13(3)11-14/h5-9,11H,4,10H2,1-3H3,(H,17,18). The highest BCUT2D eigenvalue weighted by molar-refractivity contribution is 7.99. The van der Waals surface area contributed by atoms with Crippen LogP contribution in [0.15, 0.2) is 46.3 Å². The van der Waals surface area contributed by atoms with Crippen LogP contribution in [0.2, 0.25) is 0 Å². The van der Waals surface area contributed by atoms with Gasteiger partial charge in [0.2, 0.25) is 0 Å². The first-order valence-corrected chi connectivity index (χ1v) is 7.46. The lowest BCUT2D eigenvalue weighted by Crippen LogP contribution is -2.01. The molecule has 0 bridgehead atoms. The van der Waals surface area contributed by atoms with Crippen molar-refractivity contribution in [3.05, 3.63) is 47.5 Å². The highest BCUT2D eigenvalue weighted by Crippen LogP contribution is 2.28. The Bertz CT molecular complexity index is 552. The summed E-state index contributed by atoms with van der Waals surface area (Å²) in [6.45, 7) is 7.40. The van der Waals surface area contributed by atoms with Crippen LogP contribution in [-0.4, -0.2) is 11.5 Å². The third kappa shape index (κ3) is 4.00. The zero-order valence-corrected chi connectivity index (χ0v) is 12.6. The summed E-state index contributed by atoms with van der Waals surface area (Å²) in [5, 5.41) is 4.35. The summed E-state index contributed by atoms with van der Waals surface area (Å²) in [5.41, 5.74) is 2.65. The van der Waals surface area contributed by atoms with Crippen LogP contribution in [0.4, 0.5) is 5.82 Å². The molecule has 1 heterocycles. The normalized spacial score (nSPS) is 10.5. The van der Waals surface area contributed by atoms with Gasteiger partial charge < -0.3 is 5.32 Å². The number of nitrogens with one attached hydrogen (secondary N) is 1. The maximum atomic E-state index is 4.61. The van der Waals surface area contributed by atoms with Crippen molar-refractivity contribution in [1.29, 1.82) is 0 Å². The number of aryl methyl sites for hydroxylation is 2. The second kappa shape index (κ2) is 6.62. The second-order valence-corrected chi connectivity index (χ2v) is 5.73. The molecular weight excluding hydrogens is 252 g/mol. The van der Waals surface area contributed by atoms with Gasteiger partial charge in [-0.3, -0.25) is 0 Å². The fourth-order valence-corrected chi connectivity index (χ4v) is 2.63. The number of pyridine rings is 1. The molecule has 0 aliphatic rings. The molecule has 2 aromatic rings. The molecule has 2 rings (SSSR count). The van der Waals surface area contributed by atoms with E-state index < -0.39 is 0 Å². The molecule has 0 radical (unpaired) electrons. The summed E-state index contributed by atoms with van der Waals surface area (Å²) in [6, 6.07) is 12.6. The van der Waals surface area contributed by atoms with Gasteiger partial charge in [-0.05, 0) is 55.7 Å². The molecule has 0 atom stereocenters. The van der Waals surface area contributed by atoms with Crippen molar-refractivity contribution in [1.82, 2.24) is 4.98 Å². The van der Waals surface area contributed by atoms with Gasteiger partial charge >= 0.3 is 0 Å². The first-order valence-electron chi connectivity index (χ1n) is 6.65. The van der Waals surface area contributed by atoms with Gasteiger partial charge in [-0.2, -0.15) is 0 Å². The fraction of sp³-hybridized carbons (Fsp3) is 0.312. The number of benzene rings is 1. The molecule has 0 unspecified atom stereocenters. The largest absolute Gasteiger partial charge is 0.370 e. The molecule has 1 aromatic heterocycles. The predicted octanol–water partition coefficient (Wildman–Crippen LogP) is 4.67. The molecule has 0 saturated carbocycles. The number of nitrogens with zero attached hydrogens (tertiary/aromatic N) is 1. The van der Waals surface area contributed by atoms with E-state index in [0.29, 0.717) is 0 Å². The Morgan fingerprint density at radius 1 is 1.11 bits per heavy atom. The van der Waals surface area contributed by atoms with Crippen molar-refractivity contribution in [2.75, 3.05) is 11.9 Å². The molecule has 1 aromatic carbocycles. The Morgan fingerprint density at radius 2 is 1.95 bits per heavy atom. The summed E-state index contributed by atoms with van der Waals surface area (Å²) < 4.78 is 0. The van der Waals surface area contributed by atoms with Gasteiger partial charge in [0.15, 0.2) is 0 Å². The van der Waals surface area contributed by atoms with Crippen molar-refractivity contribution < 1.29 is 0 Å². The lowest BCUT2D eigenvalue weighted by molar-refractivity contribution is 0.960. The fourth-order valence-electron chi connectivity index (χ4n) is 1.72. The van der Waals surface area contributed by atoms with Crippen molar-refractivity contribution in [2.24, 2.45) is 0 Å². The van der Waals surface area contributed by atoms with E-state index in [9.17, 15) is 0 Å². The number of hydrogen-bond acceptors (Lipinski definition) is 3. The number of hydrogen-bond donors (Lipinski definition) is 1. The van der Waals surface area contributed by atoms with Crippen LogP contribution in [0.3, 0.4) is 0 Å². The van der Waals surface area contributed by atoms with Gasteiger partial charge in [0.25, 0.3) is 0 Å². The van der Waals surface area contributed by atoms with Crippen molar-refractivity contribution in [3.8, 4) is 0 Å². The van der Waals surface area contributed by atoms with Gasteiger partial charge in [-0.15, -0.1) is 0 Å². The predicted molar refractivity (Wildman–Crippen MR) is 83.1 cm³/mol. The Kier molecular flexibility index (Phi) is 4.86. The lowest BCUT2D eigenvalue weighted by atomic mass is 10.1. The Labute approximate surface area is 119 Å². The molecule has 0 aliphatic carbocycles. The minimum Gasteiger partial charge on any atom is -0.370 e. The molecule has 100 valence electrons. The van der Waals surface area contributed by atoms with Crippen LogP contribution in [0.25, 0.3) is 0 Å². The zero-order valence-electron chi connectivity index (χ0n) is 11.7. The molecule has 0 aliphatic heterocycles. The van der Waals surface area contributed by atoms with Gasteiger partial charge in [0, 0.05) is 11.4 Å². The van der Waals surface area contributed by atoms with E-state index >= 15 is 0 Å². The molecule has 19 heavy (non-hydrogen) atoms. The Hall–Kier alpha value is -1.48. The van der Waals surface area contributed by atoms with E-state index in [1.807, 2.05) is 12.1 Å². The van der Waals surface area contributed by atoms with Crippen molar-refractivity contribution in [2.45, 2.75) is 37.1 Å². The quantitative estimate of drug-likeness (QED) is 0.856. The maximum absolute atomic E-state index is 4.61. The molecule has 0 fully saturated rings. The summed E-state index contributed by atoms with van der Waals surface area (Å²) in [7, 11) is 0. The van der Waals surface area contributed by atoms with Crippen LogP contribution >= 0.6 is 11.8 Å². The molecule has 0 spiro atoms. The second-order valence-electron chi connectivity index (χ2n) is 4.64. The number of anilines is 1. The van der Waals surface area contributed by atoms with Crippen molar-refractivity contribution >= 4 is 17.6 Å². The van der Waals surface area contributed by atoms with E-state index in [1.165, 1.54) is 16.0 Å². The van der Waals surface area contributed by atoms with Crippen LogP contribution in [0, 0.1) is 13.8 Å². The average molecular weight is 272 g/mol. The van der Waals surface area contributed by atoms with E-state index in [1.54, 1.807) is 11.8 Å². The number of rotatable bonds is 5. The monoisotopic (exact) mass is 272 g/mol. The molecule has 3 heteroatoms. The molecule has 0 saturated heterocycles. The van der Waals surface area contributed by atoms with Crippen LogP contribution in [0.1, 0.15) is 24.5 Å². The van der Waals surface area contributed by atoms with E-state index in [-0.39, 0.29) is 0 Å². The third-order valence-electron chi connectivity index (χ3n) is 2.98. The maximum Gasteiger partial charge on any atom is 0.127 e. The van der Waals surface area contributed by atoms with Crippen LogP contribution < -0.4 is 5.32 Å². The lowest BCUT2D eigenvalue weighted by Gasteiger charge is -2.07. The van der Waals surface area contributed by atoms with Gasteiger partial charge in [0.1, 0.15) is 10.8 Å². The van der Waals surface area contributed by atoms with E-state index in [4.69, 9.17) is 0 Å². The summed E-state index contributed by atoms with van der Waals surface area (Å²) in [6.07, 6.45) is 1.11. The van der Waals surface area contributed by atoms with Gasteiger partial charge in [0.05, 0.1) is 0 Å². The summed E-state index contributed by atoms with van der Waals surface area (Å²) in [4.78, 5) is 5.85. The zero-order chi connectivity index (χ0) is 13.7. The molecule has 2 nitrogen and oxygen atoms in total. The summed E-state index contributed by atoms with van der Waals surface area (Å²) in [5.74, 6) is 0.954. The molecule has 0 amide bonds. The number of aromatic nitrogens is 1. The first kappa shape index (κ1) is 13.9. The van der Waals surface area contributed by atoms with Gasteiger partial charge in [-0.1, -0.05) is 30.8 Å². The third-order valence-corrected chi connectivity index (χ3v) is 3.91. The van der Waals surface area contributed by atoms with E-state index in [0.717, 1.165) is 23.8 Å². The minimum absolute atomic E-state index is 0.954. The average Bonchev–Trinajstić information content (AvgIpc) is 2.41.